The minimum atomic E-state index is 0.00587. The highest BCUT2D eigenvalue weighted by atomic mass is 32.2. The van der Waals surface area contributed by atoms with Crippen LogP contribution in [0, 0.1) is 10.9 Å². The Hall–Kier alpha value is -1.96. The van der Waals surface area contributed by atoms with Gasteiger partial charge in [-0.3, -0.25) is 4.79 Å². The van der Waals surface area contributed by atoms with Gasteiger partial charge in [0.1, 0.15) is 0 Å². The second kappa shape index (κ2) is 9.30. The third-order valence-electron chi connectivity index (χ3n) is 4.17. The van der Waals surface area contributed by atoms with Gasteiger partial charge in [-0.1, -0.05) is 78.6 Å². The zero-order valence-corrected chi connectivity index (χ0v) is 17.7. The van der Waals surface area contributed by atoms with Crippen LogP contribution in [0.2, 0.25) is 0 Å². The number of rotatable bonds is 7. The van der Waals surface area contributed by atoms with Crippen LogP contribution < -0.4 is 5.32 Å². The number of hydrogen-bond acceptors (Lipinski definition) is 5. The number of carbonyl (C=O) groups excluding carboxylic acids is 1. The summed E-state index contributed by atoms with van der Waals surface area (Å²) in [6.45, 7) is 4.76. The van der Waals surface area contributed by atoms with Crippen molar-refractivity contribution in [2.24, 2.45) is 0 Å². The molecular formula is C20H21N3OS3. The number of nitrogens with zero attached hydrogens (tertiary/aromatic N) is 2. The van der Waals surface area contributed by atoms with Gasteiger partial charge in [-0.15, -0.1) is 5.10 Å². The third kappa shape index (κ3) is 5.28. The lowest BCUT2D eigenvalue weighted by Gasteiger charge is -2.12. The molecular weight excluding hydrogens is 394 g/mol. The summed E-state index contributed by atoms with van der Waals surface area (Å²) in [4.78, 5) is 12.2. The molecule has 1 N–H and O–H groups in total. The molecule has 0 aliphatic rings. The van der Waals surface area contributed by atoms with Gasteiger partial charge < -0.3 is 5.32 Å². The Morgan fingerprint density at radius 2 is 1.93 bits per heavy atom. The van der Waals surface area contributed by atoms with E-state index >= 15 is 0 Å². The summed E-state index contributed by atoms with van der Waals surface area (Å²) in [5.41, 5.74) is 3.32. The molecule has 2 aromatic carbocycles. The average molecular weight is 416 g/mol. The lowest BCUT2D eigenvalue weighted by molar-refractivity contribution is -0.118. The highest BCUT2D eigenvalue weighted by molar-refractivity contribution is 8.01. The summed E-state index contributed by atoms with van der Waals surface area (Å²) < 4.78 is 3.26. The number of thioether (sulfide) groups is 1. The Bertz CT molecular complexity index is 966. The number of aromatic nitrogens is 2. The van der Waals surface area contributed by atoms with E-state index < -0.39 is 0 Å². The SMILES string of the molecule is Cc1ccccc1-n1nc(SCC(=O)NC[C@@H](C)c2ccccc2)sc1=S. The molecule has 0 fully saturated rings. The van der Waals surface area contributed by atoms with Crippen LogP contribution in [0.1, 0.15) is 24.0 Å². The van der Waals surface area contributed by atoms with Crippen LogP contribution in [-0.4, -0.2) is 28.0 Å². The lowest BCUT2D eigenvalue weighted by Crippen LogP contribution is -2.28. The van der Waals surface area contributed by atoms with E-state index in [9.17, 15) is 4.79 Å². The molecule has 7 heteroatoms. The monoisotopic (exact) mass is 415 g/mol. The molecule has 3 aromatic rings. The summed E-state index contributed by atoms with van der Waals surface area (Å²) >= 11 is 8.29. The van der Waals surface area contributed by atoms with E-state index in [0.29, 0.717) is 16.3 Å². The van der Waals surface area contributed by atoms with Crippen molar-refractivity contribution in [2.75, 3.05) is 12.3 Å². The summed E-state index contributed by atoms with van der Waals surface area (Å²) in [6.07, 6.45) is 0. The van der Waals surface area contributed by atoms with Crippen molar-refractivity contribution >= 4 is 41.2 Å². The minimum absolute atomic E-state index is 0.00587. The van der Waals surface area contributed by atoms with Crippen molar-refractivity contribution in [3.05, 3.63) is 69.7 Å². The second-order valence-corrected chi connectivity index (χ2v) is 9.08. The first-order valence-electron chi connectivity index (χ1n) is 8.65. The first-order valence-corrected chi connectivity index (χ1v) is 10.9. The van der Waals surface area contributed by atoms with Gasteiger partial charge in [-0.2, -0.15) is 0 Å². The van der Waals surface area contributed by atoms with Gasteiger partial charge in [0.05, 0.1) is 11.4 Å². The number of para-hydroxylation sites is 1. The Kier molecular flexibility index (Phi) is 6.82. The minimum Gasteiger partial charge on any atom is -0.355 e. The van der Waals surface area contributed by atoms with Gasteiger partial charge >= 0.3 is 0 Å². The van der Waals surface area contributed by atoms with Crippen LogP contribution in [-0.2, 0) is 4.79 Å². The molecule has 0 aliphatic carbocycles. The van der Waals surface area contributed by atoms with E-state index in [4.69, 9.17) is 12.2 Å². The first-order chi connectivity index (χ1) is 13.0. The third-order valence-corrected chi connectivity index (χ3v) is 6.54. The molecule has 1 heterocycles. The number of nitrogens with one attached hydrogen (secondary N) is 1. The van der Waals surface area contributed by atoms with Gasteiger partial charge in [0.15, 0.2) is 8.29 Å². The second-order valence-electron chi connectivity index (χ2n) is 6.24. The van der Waals surface area contributed by atoms with Crippen molar-refractivity contribution in [1.29, 1.82) is 0 Å². The Morgan fingerprint density at radius 3 is 2.67 bits per heavy atom. The predicted molar refractivity (Wildman–Crippen MR) is 116 cm³/mol. The smallest absolute Gasteiger partial charge is 0.230 e. The first kappa shape index (κ1) is 19.8. The molecule has 4 nitrogen and oxygen atoms in total. The highest BCUT2D eigenvalue weighted by Crippen LogP contribution is 2.25. The van der Waals surface area contributed by atoms with E-state index in [1.54, 1.807) is 4.68 Å². The van der Waals surface area contributed by atoms with Gasteiger partial charge in [-0.05, 0) is 42.3 Å². The van der Waals surface area contributed by atoms with E-state index in [1.165, 1.54) is 28.7 Å². The van der Waals surface area contributed by atoms with Crippen LogP contribution in [0.3, 0.4) is 0 Å². The average Bonchev–Trinajstić information content (AvgIpc) is 3.06. The molecule has 0 radical (unpaired) electrons. The van der Waals surface area contributed by atoms with Gasteiger partial charge in [0.25, 0.3) is 0 Å². The van der Waals surface area contributed by atoms with Crippen molar-refractivity contribution in [3.63, 3.8) is 0 Å². The molecule has 0 aliphatic heterocycles. The number of benzene rings is 2. The summed E-state index contributed by atoms with van der Waals surface area (Å²) in [7, 11) is 0. The van der Waals surface area contributed by atoms with Crippen LogP contribution in [0.5, 0.6) is 0 Å². The largest absolute Gasteiger partial charge is 0.355 e. The zero-order valence-electron chi connectivity index (χ0n) is 15.2. The van der Waals surface area contributed by atoms with Crippen molar-refractivity contribution < 1.29 is 4.79 Å². The number of aryl methyl sites for hydroxylation is 1. The molecule has 0 bridgehead atoms. The molecule has 3 rings (SSSR count). The summed E-state index contributed by atoms with van der Waals surface area (Å²) in [5.74, 6) is 0.617. The zero-order chi connectivity index (χ0) is 19.2. The van der Waals surface area contributed by atoms with Crippen LogP contribution in [0.15, 0.2) is 58.9 Å². The highest BCUT2D eigenvalue weighted by Gasteiger charge is 2.11. The fourth-order valence-corrected chi connectivity index (χ4v) is 4.79. The fraction of sp³-hybridized carbons (Fsp3) is 0.250. The number of amides is 1. The van der Waals surface area contributed by atoms with Crippen molar-refractivity contribution in [2.45, 2.75) is 24.1 Å². The van der Waals surface area contributed by atoms with E-state index in [-0.39, 0.29) is 11.8 Å². The van der Waals surface area contributed by atoms with Crippen LogP contribution in [0.4, 0.5) is 0 Å². The maximum absolute atomic E-state index is 12.2. The predicted octanol–water partition coefficient (Wildman–Crippen LogP) is 4.98. The number of hydrogen-bond donors (Lipinski definition) is 1. The van der Waals surface area contributed by atoms with Crippen molar-refractivity contribution in [1.82, 2.24) is 15.1 Å². The Morgan fingerprint density at radius 1 is 1.22 bits per heavy atom. The van der Waals surface area contributed by atoms with E-state index in [1.807, 2.05) is 49.4 Å². The fourth-order valence-electron chi connectivity index (χ4n) is 2.62. The topological polar surface area (TPSA) is 46.9 Å². The molecule has 0 unspecified atom stereocenters. The van der Waals surface area contributed by atoms with Crippen LogP contribution >= 0.6 is 35.3 Å². The maximum atomic E-state index is 12.2. The van der Waals surface area contributed by atoms with Crippen molar-refractivity contribution in [3.8, 4) is 5.69 Å². The molecule has 1 aromatic heterocycles. The normalized spacial score (nSPS) is 11.9. The molecule has 0 saturated carbocycles. The Labute approximate surface area is 172 Å². The lowest BCUT2D eigenvalue weighted by atomic mass is 10.0. The molecule has 1 atom stereocenters. The molecule has 27 heavy (non-hydrogen) atoms. The Balaban J connectivity index is 1.54. The maximum Gasteiger partial charge on any atom is 0.230 e. The quantitative estimate of drug-likeness (QED) is 0.436. The van der Waals surface area contributed by atoms with E-state index in [0.717, 1.165) is 15.6 Å². The molecule has 0 saturated heterocycles. The van der Waals surface area contributed by atoms with E-state index in [2.05, 4.69) is 29.5 Å². The standard InChI is InChI=1S/C20H21N3OS3/c1-14-8-6-7-11-17(14)23-20(25)27-19(22-23)26-13-18(24)21-12-15(2)16-9-4-3-5-10-16/h3-11,15H,12-13H2,1-2H3,(H,21,24)/t15-/m1/s1. The summed E-state index contributed by atoms with van der Waals surface area (Å²) in [5, 5.41) is 7.57. The molecule has 140 valence electrons. The van der Waals surface area contributed by atoms with Gasteiger partial charge in [0.2, 0.25) is 5.91 Å². The molecule has 0 spiro atoms. The van der Waals surface area contributed by atoms with Crippen LogP contribution in [0.25, 0.3) is 5.69 Å². The van der Waals surface area contributed by atoms with Gasteiger partial charge in [0, 0.05) is 6.54 Å². The van der Waals surface area contributed by atoms with Gasteiger partial charge in [-0.25, -0.2) is 4.68 Å². The number of carbonyl (C=O) groups is 1. The molecule has 1 amide bonds. The summed E-state index contributed by atoms with van der Waals surface area (Å²) in [6, 6.07) is 18.2.